The van der Waals surface area contributed by atoms with Crippen molar-refractivity contribution >= 4 is 34.7 Å². The van der Waals surface area contributed by atoms with E-state index in [1.807, 2.05) is 35.8 Å². The van der Waals surface area contributed by atoms with Gasteiger partial charge in [-0.3, -0.25) is 4.79 Å². The highest BCUT2D eigenvalue weighted by Gasteiger charge is 2.15. The fraction of sp³-hybridized carbons (Fsp3) is 0.278. The van der Waals surface area contributed by atoms with E-state index in [0.29, 0.717) is 5.75 Å². The van der Waals surface area contributed by atoms with Gasteiger partial charge < -0.3 is 9.88 Å². The van der Waals surface area contributed by atoms with E-state index in [1.54, 1.807) is 11.3 Å². The van der Waals surface area contributed by atoms with Crippen LogP contribution >= 0.6 is 23.1 Å². The highest BCUT2D eigenvalue weighted by atomic mass is 32.2. The molecule has 0 spiro atoms. The molecule has 0 fully saturated rings. The number of rotatable bonds is 6. The number of hydrogen-bond donors (Lipinski definition) is 1. The molecule has 1 amide bonds. The minimum absolute atomic E-state index is 0.0487. The largest absolute Gasteiger partial charge is 0.325 e. The van der Waals surface area contributed by atoms with Gasteiger partial charge in [0.25, 0.3) is 0 Å². The SMILES string of the molecule is CCn1c(SCC(=O)Nc2ccc(C)cc2)nnc1-c1csc(C)c1. The summed E-state index contributed by atoms with van der Waals surface area (Å²) in [6.07, 6.45) is 0. The van der Waals surface area contributed by atoms with Crippen molar-refractivity contribution in [2.45, 2.75) is 32.5 Å². The molecule has 0 aliphatic rings. The van der Waals surface area contributed by atoms with Crippen molar-refractivity contribution in [3.05, 3.63) is 46.2 Å². The first-order valence-corrected chi connectivity index (χ1v) is 9.91. The van der Waals surface area contributed by atoms with E-state index in [4.69, 9.17) is 0 Å². The number of aryl methyl sites for hydroxylation is 2. The van der Waals surface area contributed by atoms with Crippen LogP contribution < -0.4 is 5.32 Å². The first-order valence-electron chi connectivity index (χ1n) is 8.05. The standard InChI is InChI=1S/C18H20N4OS2/c1-4-22-17(14-9-13(3)24-10-14)20-21-18(22)25-11-16(23)19-15-7-5-12(2)6-8-15/h5-10H,4,11H2,1-3H3,(H,19,23). The number of benzene rings is 1. The van der Waals surface area contributed by atoms with Gasteiger partial charge in [0.2, 0.25) is 5.91 Å². The van der Waals surface area contributed by atoms with Gasteiger partial charge >= 0.3 is 0 Å². The monoisotopic (exact) mass is 372 g/mol. The predicted molar refractivity (Wildman–Crippen MR) is 104 cm³/mol. The second kappa shape index (κ2) is 7.84. The molecule has 0 radical (unpaired) electrons. The number of nitrogens with one attached hydrogen (secondary N) is 1. The van der Waals surface area contributed by atoms with Crippen LogP contribution in [0.2, 0.25) is 0 Å². The number of hydrogen-bond acceptors (Lipinski definition) is 5. The van der Waals surface area contributed by atoms with Crippen LogP contribution in [0.15, 0.2) is 40.9 Å². The van der Waals surface area contributed by atoms with E-state index >= 15 is 0 Å². The topological polar surface area (TPSA) is 59.8 Å². The van der Waals surface area contributed by atoms with Crippen molar-refractivity contribution in [2.75, 3.05) is 11.1 Å². The van der Waals surface area contributed by atoms with Crippen LogP contribution in [0.25, 0.3) is 11.4 Å². The van der Waals surface area contributed by atoms with Crippen LogP contribution in [0.1, 0.15) is 17.4 Å². The lowest BCUT2D eigenvalue weighted by Gasteiger charge is -2.07. The quantitative estimate of drug-likeness (QED) is 0.653. The molecular formula is C18H20N4OS2. The third-order valence-electron chi connectivity index (χ3n) is 3.69. The lowest BCUT2D eigenvalue weighted by atomic mass is 10.2. The average Bonchev–Trinajstić information content (AvgIpc) is 3.20. The van der Waals surface area contributed by atoms with Gasteiger partial charge in [0.1, 0.15) is 0 Å². The van der Waals surface area contributed by atoms with Crippen molar-refractivity contribution in [1.29, 1.82) is 0 Å². The maximum absolute atomic E-state index is 12.2. The third-order valence-corrected chi connectivity index (χ3v) is 5.52. The number of carbonyl (C=O) groups excluding carboxylic acids is 1. The molecule has 25 heavy (non-hydrogen) atoms. The number of nitrogens with zero attached hydrogens (tertiary/aromatic N) is 3. The summed E-state index contributed by atoms with van der Waals surface area (Å²) < 4.78 is 2.05. The Bertz CT molecular complexity index is 868. The number of carbonyl (C=O) groups is 1. The average molecular weight is 373 g/mol. The second-order valence-electron chi connectivity index (χ2n) is 5.70. The first-order chi connectivity index (χ1) is 12.1. The lowest BCUT2D eigenvalue weighted by molar-refractivity contribution is -0.113. The van der Waals surface area contributed by atoms with Gasteiger partial charge in [-0.25, -0.2) is 0 Å². The Labute approximate surface area is 155 Å². The predicted octanol–water partition coefficient (Wildman–Crippen LogP) is 4.37. The number of thioether (sulfide) groups is 1. The maximum atomic E-state index is 12.2. The molecule has 3 rings (SSSR count). The molecule has 0 saturated heterocycles. The molecule has 5 nitrogen and oxygen atoms in total. The molecule has 7 heteroatoms. The Kier molecular flexibility index (Phi) is 5.55. The summed E-state index contributed by atoms with van der Waals surface area (Å²) in [6, 6.07) is 9.88. The molecule has 0 unspecified atom stereocenters. The van der Waals surface area contributed by atoms with Gasteiger partial charge in [0.15, 0.2) is 11.0 Å². The summed E-state index contributed by atoms with van der Waals surface area (Å²) in [6.45, 7) is 6.92. The van der Waals surface area contributed by atoms with Crippen LogP contribution in [0.4, 0.5) is 5.69 Å². The van der Waals surface area contributed by atoms with Crippen LogP contribution in [0, 0.1) is 13.8 Å². The zero-order chi connectivity index (χ0) is 17.8. The van der Waals surface area contributed by atoms with Gasteiger partial charge in [-0.1, -0.05) is 29.5 Å². The van der Waals surface area contributed by atoms with Gasteiger partial charge in [0, 0.05) is 28.1 Å². The van der Waals surface area contributed by atoms with Gasteiger partial charge in [-0.15, -0.1) is 21.5 Å². The Balaban J connectivity index is 1.66. The van der Waals surface area contributed by atoms with E-state index in [2.05, 4.69) is 40.8 Å². The summed E-state index contributed by atoms with van der Waals surface area (Å²) in [5.74, 6) is 1.11. The first kappa shape index (κ1) is 17.7. The van der Waals surface area contributed by atoms with E-state index in [0.717, 1.165) is 28.8 Å². The molecule has 2 aromatic heterocycles. The summed E-state index contributed by atoms with van der Waals surface area (Å²) >= 11 is 3.10. The van der Waals surface area contributed by atoms with E-state index in [1.165, 1.54) is 22.2 Å². The van der Waals surface area contributed by atoms with Crippen molar-refractivity contribution < 1.29 is 4.79 Å². The Morgan fingerprint density at radius 3 is 2.64 bits per heavy atom. The Morgan fingerprint density at radius 1 is 1.24 bits per heavy atom. The zero-order valence-electron chi connectivity index (χ0n) is 14.4. The smallest absolute Gasteiger partial charge is 0.234 e. The summed E-state index contributed by atoms with van der Waals surface area (Å²) in [5, 5.41) is 14.3. The fourth-order valence-electron chi connectivity index (χ4n) is 2.42. The normalized spacial score (nSPS) is 10.8. The van der Waals surface area contributed by atoms with Gasteiger partial charge in [-0.05, 0) is 39.0 Å². The van der Waals surface area contributed by atoms with Crippen LogP contribution in [-0.2, 0) is 11.3 Å². The molecule has 0 bridgehead atoms. The summed E-state index contributed by atoms with van der Waals surface area (Å²) in [4.78, 5) is 13.4. The molecular weight excluding hydrogens is 352 g/mol. The third kappa shape index (κ3) is 4.29. The van der Waals surface area contributed by atoms with Crippen molar-refractivity contribution in [3.8, 4) is 11.4 Å². The highest BCUT2D eigenvalue weighted by Crippen LogP contribution is 2.27. The van der Waals surface area contributed by atoms with Crippen LogP contribution in [0.5, 0.6) is 0 Å². The molecule has 1 N–H and O–H groups in total. The van der Waals surface area contributed by atoms with E-state index in [9.17, 15) is 4.79 Å². The van der Waals surface area contributed by atoms with Crippen molar-refractivity contribution in [2.24, 2.45) is 0 Å². The second-order valence-corrected chi connectivity index (χ2v) is 7.76. The molecule has 130 valence electrons. The van der Waals surface area contributed by atoms with Gasteiger partial charge in [-0.2, -0.15) is 0 Å². The van der Waals surface area contributed by atoms with E-state index in [-0.39, 0.29) is 5.91 Å². The minimum Gasteiger partial charge on any atom is -0.325 e. The van der Waals surface area contributed by atoms with Gasteiger partial charge in [0.05, 0.1) is 5.75 Å². The van der Waals surface area contributed by atoms with Crippen molar-refractivity contribution in [1.82, 2.24) is 14.8 Å². The Hall–Kier alpha value is -2.12. The molecule has 0 saturated carbocycles. The minimum atomic E-state index is -0.0487. The maximum Gasteiger partial charge on any atom is 0.234 e. The zero-order valence-corrected chi connectivity index (χ0v) is 16.1. The summed E-state index contributed by atoms with van der Waals surface area (Å²) in [7, 11) is 0. The lowest BCUT2D eigenvalue weighted by Crippen LogP contribution is -2.14. The van der Waals surface area contributed by atoms with E-state index < -0.39 is 0 Å². The number of amides is 1. The molecule has 1 aromatic carbocycles. The number of anilines is 1. The molecule has 3 aromatic rings. The fourth-order valence-corrected chi connectivity index (χ4v) is 3.90. The number of thiophene rings is 1. The van der Waals surface area contributed by atoms with Crippen LogP contribution in [0.3, 0.4) is 0 Å². The number of aromatic nitrogens is 3. The van der Waals surface area contributed by atoms with Crippen LogP contribution in [-0.4, -0.2) is 26.4 Å². The van der Waals surface area contributed by atoms with Crippen molar-refractivity contribution in [3.63, 3.8) is 0 Å². The summed E-state index contributed by atoms with van der Waals surface area (Å²) in [5.41, 5.74) is 3.05. The highest BCUT2D eigenvalue weighted by molar-refractivity contribution is 7.99. The molecule has 0 atom stereocenters. The molecule has 0 aliphatic carbocycles. The molecule has 0 aliphatic heterocycles. The molecule has 2 heterocycles. The Morgan fingerprint density at radius 2 is 2.00 bits per heavy atom.